The molecule has 18 heteroatoms. The van der Waals surface area contributed by atoms with Crippen LogP contribution in [-0.2, 0) is 31.4 Å². The molecule has 3 N–H and O–H groups in total. The van der Waals surface area contributed by atoms with Gasteiger partial charge in [-0.1, -0.05) is 35.9 Å². The van der Waals surface area contributed by atoms with E-state index < -0.39 is 20.0 Å². The normalized spacial score (nSPS) is 15.7. The molecule has 8 rings (SSSR count). The van der Waals surface area contributed by atoms with E-state index in [4.69, 9.17) is 11.6 Å². The first kappa shape index (κ1) is 38.9. The summed E-state index contributed by atoms with van der Waals surface area (Å²) in [6.45, 7) is 3.61. The topological polar surface area (TPSA) is 168 Å². The van der Waals surface area contributed by atoms with Gasteiger partial charge in [0.25, 0.3) is 20.0 Å². The van der Waals surface area contributed by atoms with Gasteiger partial charge >= 0.3 is 0 Å². The van der Waals surface area contributed by atoms with Gasteiger partial charge in [0.05, 0.1) is 14.8 Å². The van der Waals surface area contributed by atoms with Crippen LogP contribution in [0.15, 0.2) is 106 Å². The number of carbonyl (C=O) groups excluding carboxylic acids is 1. The van der Waals surface area contributed by atoms with Gasteiger partial charge < -0.3 is 14.8 Å². The molecule has 0 atom stereocenters. The predicted octanol–water partition coefficient (Wildman–Crippen LogP) is 6.76. The number of fused-ring (bicyclic) bond motifs is 1. The average Bonchev–Trinajstić information content (AvgIpc) is 3.99. The minimum atomic E-state index is -3.66. The number of thiazole rings is 2. The van der Waals surface area contributed by atoms with Crippen molar-refractivity contribution in [3.05, 3.63) is 112 Å². The molecular weight excluding hydrogens is 800 g/mol. The number of pyridine rings is 1. The first-order valence-electron chi connectivity index (χ1n) is 17.7. The lowest BCUT2D eigenvalue weighted by molar-refractivity contribution is -0.132. The smallest absolute Gasteiger partial charge is 0.263 e. The van der Waals surface area contributed by atoms with E-state index in [9.17, 15) is 21.6 Å². The molecule has 2 fully saturated rings. The molecule has 0 saturated carbocycles. The molecular formula is C37H39ClN8O5S4. The number of anilines is 2. The SMILES string of the molecule is O=C(Cn1ccc2cc(Cl)cnc21)N1CCC(c2ccc(S(=O)(=O)Nc3nccs3)cc2)CC1.O=S(=O)(Nc1nccs1)c1ccc(C2CCNCC2)cc1. The highest BCUT2D eigenvalue weighted by Gasteiger charge is 2.25. The minimum absolute atomic E-state index is 0.0578. The monoisotopic (exact) mass is 838 g/mol. The standard InChI is InChI=1S/C23H22ClN5O3S2.C14H17N3O2S2/c24-19-13-18-7-11-29(22(18)26-14-19)15-21(30)28-9-5-17(6-10-28)16-1-3-20(4-2-16)34(31,32)27-23-25-8-12-33-23;18-21(19,17-14-16-9-10-20-14)13-3-1-11(2-4-13)12-5-7-15-8-6-12/h1-4,7-8,11-14,17H,5-6,9-10,15H2,(H,25,27);1-4,9-10,12,15H,5-8H2,(H,16,17). The Morgan fingerprint density at radius 1 is 0.764 bits per heavy atom. The number of carbonyl (C=O) groups is 1. The van der Waals surface area contributed by atoms with E-state index in [0.29, 0.717) is 34.3 Å². The zero-order valence-electron chi connectivity index (χ0n) is 29.5. The molecule has 0 radical (unpaired) electrons. The molecule has 0 spiro atoms. The third kappa shape index (κ3) is 9.71. The van der Waals surface area contributed by atoms with Gasteiger partial charge in [-0.2, -0.15) is 0 Å². The molecule has 1 amide bonds. The van der Waals surface area contributed by atoms with Crippen molar-refractivity contribution >= 4 is 81.5 Å². The maximum Gasteiger partial charge on any atom is 0.263 e. The summed E-state index contributed by atoms with van der Waals surface area (Å²) in [5.41, 5.74) is 3.04. The van der Waals surface area contributed by atoms with Crippen molar-refractivity contribution in [2.75, 3.05) is 35.6 Å². The Kier molecular flexibility index (Phi) is 12.1. The number of hydrogen-bond acceptors (Lipinski definition) is 11. The summed E-state index contributed by atoms with van der Waals surface area (Å²) >= 11 is 8.49. The second kappa shape index (κ2) is 17.2. The molecule has 0 aliphatic carbocycles. The number of aromatic nitrogens is 4. The molecule has 2 aliphatic heterocycles. The van der Waals surface area contributed by atoms with Crippen molar-refractivity contribution in [1.29, 1.82) is 0 Å². The van der Waals surface area contributed by atoms with Crippen molar-refractivity contribution in [1.82, 2.24) is 29.7 Å². The number of benzene rings is 2. The zero-order valence-corrected chi connectivity index (χ0v) is 33.6. The molecule has 2 aromatic carbocycles. The Bertz CT molecular complexity index is 2410. The molecule has 2 saturated heterocycles. The fourth-order valence-electron chi connectivity index (χ4n) is 6.78. The van der Waals surface area contributed by atoms with Crippen LogP contribution in [0.3, 0.4) is 0 Å². The lowest BCUT2D eigenvalue weighted by atomic mass is 9.89. The molecule has 55 heavy (non-hydrogen) atoms. The minimum Gasteiger partial charge on any atom is -0.341 e. The van der Waals surface area contributed by atoms with E-state index in [1.54, 1.807) is 53.6 Å². The van der Waals surface area contributed by atoms with Crippen LogP contribution in [0.2, 0.25) is 5.02 Å². The Morgan fingerprint density at radius 2 is 1.29 bits per heavy atom. The van der Waals surface area contributed by atoms with Gasteiger partial charge in [0.2, 0.25) is 5.91 Å². The van der Waals surface area contributed by atoms with Gasteiger partial charge in [-0.15, -0.1) is 22.7 Å². The number of rotatable bonds is 10. The van der Waals surface area contributed by atoms with Gasteiger partial charge in [0.15, 0.2) is 10.3 Å². The summed E-state index contributed by atoms with van der Waals surface area (Å²) < 4.78 is 56.3. The predicted molar refractivity (Wildman–Crippen MR) is 217 cm³/mol. The molecule has 0 unspecified atom stereocenters. The molecule has 13 nitrogen and oxygen atoms in total. The Balaban J connectivity index is 0.000000190. The van der Waals surface area contributed by atoms with Crippen molar-refractivity contribution in [2.24, 2.45) is 0 Å². The Labute approximate surface area is 332 Å². The van der Waals surface area contributed by atoms with E-state index in [1.165, 1.54) is 28.2 Å². The van der Waals surface area contributed by atoms with Crippen LogP contribution in [0.25, 0.3) is 11.0 Å². The fourth-order valence-corrected chi connectivity index (χ4v) is 10.5. The molecule has 6 aromatic rings. The zero-order chi connectivity index (χ0) is 38.4. The van der Waals surface area contributed by atoms with Crippen LogP contribution in [0.5, 0.6) is 0 Å². The lowest BCUT2D eigenvalue weighted by Gasteiger charge is -2.32. The number of nitrogens with one attached hydrogen (secondary N) is 3. The number of nitrogens with zero attached hydrogens (tertiary/aromatic N) is 5. The Hall–Kier alpha value is -4.39. The van der Waals surface area contributed by atoms with E-state index >= 15 is 0 Å². The highest BCUT2D eigenvalue weighted by molar-refractivity contribution is 7.93. The first-order valence-corrected chi connectivity index (χ1v) is 22.8. The van der Waals surface area contributed by atoms with Crippen LogP contribution in [0.1, 0.15) is 48.6 Å². The van der Waals surface area contributed by atoms with Gasteiger partial charge in [-0.05, 0) is 98.1 Å². The summed E-state index contributed by atoms with van der Waals surface area (Å²) in [5, 5.41) is 8.99. The van der Waals surface area contributed by atoms with Gasteiger partial charge in [-0.25, -0.2) is 31.8 Å². The maximum atomic E-state index is 12.9. The quantitative estimate of drug-likeness (QED) is 0.135. The average molecular weight is 839 g/mol. The number of sulfonamides is 2. The summed E-state index contributed by atoms with van der Waals surface area (Å²) in [6, 6.07) is 17.9. The van der Waals surface area contributed by atoms with Crippen molar-refractivity contribution in [3.63, 3.8) is 0 Å². The largest absolute Gasteiger partial charge is 0.341 e. The highest BCUT2D eigenvalue weighted by Crippen LogP contribution is 2.30. The molecule has 4 aromatic heterocycles. The number of amides is 1. The van der Waals surface area contributed by atoms with Crippen LogP contribution in [-0.4, -0.2) is 73.3 Å². The molecule has 6 heterocycles. The van der Waals surface area contributed by atoms with Crippen molar-refractivity contribution in [3.8, 4) is 0 Å². The van der Waals surface area contributed by atoms with Gasteiger partial charge in [0.1, 0.15) is 12.2 Å². The van der Waals surface area contributed by atoms with E-state index in [-0.39, 0.29) is 28.2 Å². The fraction of sp³-hybridized carbons (Fsp3) is 0.297. The molecule has 0 bridgehead atoms. The van der Waals surface area contributed by atoms with Crippen molar-refractivity contribution in [2.45, 2.75) is 53.9 Å². The maximum absolute atomic E-state index is 12.9. The van der Waals surface area contributed by atoms with Crippen LogP contribution in [0.4, 0.5) is 10.3 Å². The van der Waals surface area contributed by atoms with E-state index in [2.05, 4.69) is 29.7 Å². The number of piperidine rings is 2. The summed E-state index contributed by atoms with van der Waals surface area (Å²) in [4.78, 5) is 27.5. The Morgan fingerprint density at radius 3 is 1.80 bits per heavy atom. The summed E-state index contributed by atoms with van der Waals surface area (Å²) in [7, 11) is -7.21. The van der Waals surface area contributed by atoms with E-state index in [0.717, 1.165) is 55.4 Å². The third-order valence-electron chi connectivity index (χ3n) is 9.69. The van der Waals surface area contributed by atoms with Crippen LogP contribution < -0.4 is 14.8 Å². The van der Waals surface area contributed by atoms with Gasteiger partial charge in [-0.3, -0.25) is 14.2 Å². The number of halogens is 1. The second-order valence-corrected chi connectivity index (χ2v) is 18.8. The third-order valence-corrected chi connectivity index (χ3v) is 14.2. The highest BCUT2D eigenvalue weighted by atomic mass is 35.5. The molecule has 2 aliphatic rings. The van der Waals surface area contributed by atoms with E-state index in [1.807, 2.05) is 52.1 Å². The van der Waals surface area contributed by atoms with Crippen LogP contribution in [0, 0.1) is 0 Å². The molecule has 288 valence electrons. The lowest BCUT2D eigenvalue weighted by Crippen LogP contribution is -2.39. The summed E-state index contributed by atoms with van der Waals surface area (Å²) in [5.74, 6) is 0.862. The number of hydrogen-bond donors (Lipinski definition) is 3. The van der Waals surface area contributed by atoms with Gasteiger partial charge in [0, 0.05) is 54.0 Å². The first-order chi connectivity index (χ1) is 26.5. The van der Waals surface area contributed by atoms with Crippen LogP contribution >= 0.6 is 34.3 Å². The summed E-state index contributed by atoms with van der Waals surface area (Å²) in [6.07, 6.45) is 10.4. The number of likely N-dealkylation sites (tertiary alicyclic amines) is 1. The second-order valence-electron chi connectivity index (χ2n) is 13.2. The van der Waals surface area contributed by atoms with Crippen molar-refractivity contribution < 1.29 is 21.6 Å².